The second-order valence-electron chi connectivity index (χ2n) is 7.36. The van der Waals surface area contributed by atoms with Crippen molar-refractivity contribution in [2.75, 3.05) is 6.61 Å². The van der Waals surface area contributed by atoms with Crippen LogP contribution in [0.2, 0.25) is 0 Å². The summed E-state index contributed by atoms with van der Waals surface area (Å²) in [6, 6.07) is 10.3. The molecule has 1 aromatic rings. The second-order valence-corrected chi connectivity index (χ2v) is 7.36. The molecule has 0 aliphatic rings. The van der Waals surface area contributed by atoms with E-state index in [1.54, 1.807) is 0 Å². The van der Waals surface area contributed by atoms with E-state index in [1.807, 2.05) is 39.0 Å². The lowest BCUT2D eigenvalue weighted by molar-refractivity contribution is -0.155. The van der Waals surface area contributed by atoms with Crippen molar-refractivity contribution < 1.29 is 14.6 Å². The maximum atomic E-state index is 11.9. The molecule has 3 heteroatoms. The lowest BCUT2D eigenvalue weighted by Crippen LogP contribution is -2.26. The van der Waals surface area contributed by atoms with Gasteiger partial charge in [-0.1, -0.05) is 37.3 Å². The fraction of sp³-hybridized carbons (Fsp3) is 0.632. The molecular weight excluding hydrogens is 276 g/mol. The van der Waals surface area contributed by atoms with Crippen LogP contribution in [0.1, 0.15) is 58.9 Å². The summed E-state index contributed by atoms with van der Waals surface area (Å²) in [4.78, 5) is 11.9. The van der Waals surface area contributed by atoms with Crippen LogP contribution in [-0.4, -0.2) is 23.3 Å². The number of ether oxygens (including phenoxy) is 1. The number of carbonyl (C=O) groups is 1. The van der Waals surface area contributed by atoms with Crippen LogP contribution >= 0.6 is 0 Å². The molecule has 124 valence electrons. The smallest absolute Gasteiger partial charge is 0.306 e. The zero-order valence-corrected chi connectivity index (χ0v) is 14.4. The third-order valence-corrected chi connectivity index (χ3v) is 3.93. The molecule has 1 N–H and O–H groups in total. The summed E-state index contributed by atoms with van der Waals surface area (Å²) in [6.45, 7) is 7.95. The molecule has 22 heavy (non-hydrogen) atoms. The van der Waals surface area contributed by atoms with Gasteiger partial charge in [0.1, 0.15) is 5.60 Å². The van der Waals surface area contributed by atoms with Crippen molar-refractivity contribution in [1.82, 2.24) is 0 Å². The van der Waals surface area contributed by atoms with Crippen molar-refractivity contribution in [2.45, 2.75) is 65.4 Å². The summed E-state index contributed by atoms with van der Waals surface area (Å²) < 4.78 is 5.37. The highest BCUT2D eigenvalue weighted by atomic mass is 16.6. The lowest BCUT2D eigenvalue weighted by Gasteiger charge is -2.29. The normalized spacial score (nSPS) is 14.4. The minimum absolute atomic E-state index is 0.0402. The molecule has 1 rings (SSSR count). The summed E-state index contributed by atoms with van der Waals surface area (Å²) in [5.41, 5.74) is 0.819. The largest absolute Gasteiger partial charge is 0.460 e. The first-order valence-electron chi connectivity index (χ1n) is 8.11. The number of esters is 1. The van der Waals surface area contributed by atoms with Crippen molar-refractivity contribution in [1.29, 1.82) is 0 Å². The molecule has 1 aromatic carbocycles. The quantitative estimate of drug-likeness (QED) is 0.735. The van der Waals surface area contributed by atoms with E-state index >= 15 is 0 Å². The summed E-state index contributed by atoms with van der Waals surface area (Å²) in [7, 11) is 0. The lowest BCUT2D eigenvalue weighted by atomic mass is 9.77. The Balaban J connectivity index is 2.53. The molecule has 0 aliphatic heterocycles. The van der Waals surface area contributed by atoms with Gasteiger partial charge in [0.15, 0.2) is 0 Å². The van der Waals surface area contributed by atoms with E-state index in [0.717, 1.165) is 19.3 Å². The molecule has 0 heterocycles. The number of benzene rings is 1. The number of aryl methyl sites for hydroxylation is 1. The van der Waals surface area contributed by atoms with E-state index in [2.05, 4.69) is 19.1 Å². The minimum Gasteiger partial charge on any atom is -0.460 e. The van der Waals surface area contributed by atoms with Crippen LogP contribution in [0.3, 0.4) is 0 Å². The molecule has 0 fully saturated rings. The van der Waals surface area contributed by atoms with Crippen molar-refractivity contribution in [3.63, 3.8) is 0 Å². The Morgan fingerprint density at radius 2 is 1.68 bits per heavy atom. The average molecular weight is 306 g/mol. The van der Waals surface area contributed by atoms with E-state index in [4.69, 9.17) is 4.74 Å². The van der Waals surface area contributed by atoms with Gasteiger partial charge in [0, 0.05) is 13.0 Å². The zero-order chi connectivity index (χ0) is 16.6. The van der Waals surface area contributed by atoms with Gasteiger partial charge in [-0.05, 0) is 57.4 Å². The van der Waals surface area contributed by atoms with Crippen LogP contribution in [0.25, 0.3) is 0 Å². The highest BCUT2D eigenvalue weighted by molar-refractivity contribution is 5.69. The first kappa shape index (κ1) is 18.7. The summed E-state index contributed by atoms with van der Waals surface area (Å²) in [5, 5.41) is 9.33. The number of carbonyl (C=O) groups excluding carboxylic acids is 1. The molecule has 0 saturated heterocycles. The van der Waals surface area contributed by atoms with Gasteiger partial charge in [0.05, 0.1) is 0 Å². The number of aliphatic hydroxyl groups excluding tert-OH is 1. The van der Waals surface area contributed by atoms with E-state index in [9.17, 15) is 9.90 Å². The van der Waals surface area contributed by atoms with Gasteiger partial charge in [0.25, 0.3) is 0 Å². The van der Waals surface area contributed by atoms with Crippen LogP contribution in [0, 0.1) is 5.41 Å². The van der Waals surface area contributed by atoms with Gasteiger partial charge in [-0.25, -0.2) is 0 Å². The number of hydrogen-bond acceptors (Lipinski definition) is 3. The third-order valence-electron chi connectivity index (χ3n) is 3.93. The predicted molar refractivity (Wildman–Crippen MR) is 89.7 cm³/mol. The first-order valence-corrected chi connectivity index (χ1v) is 8.11. The van der Waals surface area contributed by atoms with Gasteiger partial charge in [-0.2, -0.15) is 0 Å². The van der Waals surface area contributed by atoms with E-state index in [0.29, 0.717) is 12.8 Å². The monoisotopic (exact) mass is 306 g/mol. The number of aliphatic hydroxyl groups is 1. The van der Waals surface area contributed by atoms with Crippen LogP contribution in [0.15, 0.2) is 30.3 Å². The standard InChI is InChI=1S/C19H30O3/c1-18(2,3)22-17(21)11-13-19(4,14-15-20)12-10-16-8-6-5-7-9-16/h5-9,20H,10-15H2,1-4H3. The van der Waals surface area contributed by atoms with Crippen LogP contribution in [0.5, 0.6) is 0 Å². The molecule has 0 aromatic heterocycles. The van der Waals surface area contributed by atoms with Gasteiger partial charge in [0.2, 0.25) is 0 Å². The van der Waals surface area contributed by atoms with Gasteiger partial charge in [-0.15, -0.1) is 0 Å². The zero-order valence-electron chi connectivity index (χ0n) is 14.4. The highest BCUT2D eigenvalue weighted by Gasteiger charge is 2.26. The molecular formula is C19H30O3. The minimum atomic E-state index is -0.436. The van der Waals surface area contributed by atoms with Crippen LogP contribution in [0.4, 0.5) is 0 Å². The molecule has 1 atom stereocenters. The topological polar surface area (TPSA) is 46.5 Å². The van der Waals surface area contributed by atoms with Crippen molar-refractivity contribution in [2.24, 2.45) is 5.41 Å². The Labute approximate surface area is 134 Å². The van der Waals surface area contributed by atoms with Gasteiger partial charge < -0.3 is 9.84 Å². The average Bonchev–Trinajstić information content (AvgIpc) is 2.43. The van der Waals surface area contributed by atoms with Crippen LogP contribution in [-0.2, 0) is 16.0 Å². The molecule has 0 bridgehead atoms. The van der Waals surface area contributed by atoms with Crippen LogP contribution < -0.4 is 0 Å². The molecule has 3 nitrogen and oxygen atoms in total. The fourth-order valence-corrected chi connectivity index (χ4v) is 2.53. The Kier molecular flexibility index (Phi) is 7.08. The molecule has 0 saturated carbocycles. The summed E-state index contributed by atoms with van der Waals surface area (Å²) in [6.07, 6.45) is 3.78. The van der Waals surface area contributed by atoms with Crippen molar-refractivity contribution in [3.8, 4) is 0 Å². The number of hydrogen-bond donors (Lipinski definition) is 1. The highest BCUT2D eigenvalue weighted by Crippen LogP contribution is 2.33. The third kappa shape index (κ3) is 7.60. The van der Waals surface area contributed by atoms with E-state index in [-0.39, 0.29) is 18.0 Å². The maximum Gasteiger partial charge on any atom is 0.306 e. The number of rotatable bonds is 8. The van der Waals surface area contributed by atoms with Gasteiger partial charge in [-0.3, -0.25) is 4.79 Å². The van der Waals surface area contributed by atoms with E-state index in [1.165, 1.54) is 5.56 Å². The second kappa shape index (κ2) is 8.33. The molecule has 0 aliphatic carbocycles. The Morgan fingerprint density at radius 3 is 2.23 bits per heavy atom. The fourth-order valence-electron chi connectivity index (χ4n) is 2.53. The Hall–Kier alpha value is -1.35. The first-order chi connectivity index (χ1) is 10.2. The van der Waals surface area contributed by atoms with Crippen molar-refractivity contribution in [3.05, 3.63) is 35.9 Å². The Morgan fingerprint density at radius 1 is 1.05 bits per heavy atom. The molecule has 0 radical (unpaired) electrons. The van der Waals surface area contributed by atoms with Gasteiger partial charge >= 0.3 is 5.97 Å². The molecule has 0 amide bonds. The summed E-state index contributed by atoms with van der Waals surface area (Å²) >= 11 is 0. The Bertz CT molecular complexity index is 447. The molecule has 0 spiro atoms. The maximum absolute atomic E-state index is 11.9. The summed E-state index contributed by atoms with van der Waals surface area (Å²) in [5.74, 6) is -0.156. The molecule has 1 unspecified atom stereocenters. The predicted octanol–water partition coefficient (Wildman–Crippen LogP) is 4.13. The van der Waals surface area contributed by atoms with Crippen molar-refractivity contribution >= 4 is 5.97 Å². The van der Waals surface area contributed by atoms with E-state index < -0.39 is 5.60 Å². The SMILES string of the molecule is CC(CCO)(CCC(=O)OC(C)(C)C)CCc1ccccc1.